The molecule has 1 aliphatic heterocycles. The molecular weight excluding hydrogens is 256 g/mol. The molecule has 0 saturated carbocycles. The van der Waals surface area contributed by atoms with Gasteiger partial charge in [-0.25, -0.2) is 0 Å². The molecule has 1 aliphatic rings. The van der Waals surface area contributed by atoms with Crippen LogP contribution in [0.4, 0.5) is 0 Å². The number of nitrogens with one attached hydrogen (secondary N) is 2. The van der Waals surface area contributed by atoms with Gasteiger partial charge >= 0.3 is 0 Å². The molecule has 1 aromatic rings. The normalized spacial score (nSPS) is 19.2. The standard InChI is InChI=1S/C11H10N2O4S/c14-6-2-1-5(8(15)4-6)3-7-9(16)12-11(18)13-10(7)17/h1-4,11,14-15,18H,(H,12,16)(H,13,17). The Hall–Kier alpha value is -2.15. The third-order valence-corrected chi connectivity index (χ3v) is 2.60. The molecule has 1 aromatic carbocycles. The quantitative estimate of drug-likeness (QED) is 0.279. The van der Waals surface area contributed by atoms with Crippen LogP contribution in [0.5, 0.6) is 11.5 Å². The number of hydrogen-bond donors (Lipinski definition) is 5. The zero-order valence-electron chi connectivity index (χ0n) is 9.04. The average Bonchev–Trinajstić information content (AvgIpc) is 2.25. The predicted octanol–water partition coefficient (Wildman–Crippen LogP) is -0.0594. The lowest BCUT2D eigenvalue weighted by molar-refractivity contribution is -0.126. The van der Waals surface area contributed by atoms with Crippen LogP contribution in [0, 0.1) is 0 Å². The summed E-state index contributed by atoms with van der Waals surface area (Å²) in [5.41, 5.74) is -0.609. The summed E-state index contributed by atoms with van der Waals surface area (Å²) in [6.45, 7) is 0. The van der Waals surface area contributed by atoms with Gasteiger partial charge in [-0.3, -0.25) is 9.59 Å². The van der Waals surface area contributed by atoms with Crippen molar-refractivity contribution in [1.82, 2.24) is 10.6 Å². The van der Waals surface area contributed by atoms with Crippen LogP contribution in [0.25, 0.3) is 6.08 Å². The summed E-state index contributed by atoms with van der Waals surface area (Å²) in [5, 5.41) is 23.5. The molecule has 0 radical (unpaired) electrons. The summed E-state index contributed by atoms with van der Waals surface area (Å²) in [6, 6.07) is 3.85. The Morgan fingerprint density at radius 1 is 1.17 bits per heavy atom. The van der Waals surface area contributed by atoms with Crippen LogP contribution in [0.2, 0.25) is 0 Å². The fraction of sp³-hybridized carbons (Fsp3) is 0.0909. The number of carbonyl (C=O) groups is 2. The van der Waals surface area contributed by atoms with E-state index in [4.69, 9.17) is 5.11 Å². The first-order valence-corrected chi connectivity index (χ1v) is 5.52. The van der Waals surface area contributed by atoms with Gasteiger partial charge in [0.15, 0.2) is 0 Å². The van der Waals surface area contributed by atoms with Crippen molar-refractivity contribution >= 4 is 30.5 Å². The fourth-order valence-corrected chi connectivity index (χ4v) is 1.72. The van der Waals surface area contributed by atoms with Crippen LogP contribution in [-0.4, -0.2) is 27.5 Å². The Kier molecular flexibility index (Phi) is 3.15. The van der Waals surface area contributed by atoms with Gasteiger partial charge in [-0.2, -0.15) is 0 Å². The van der Waals surface area contributed by atoms with Gasteiger partial charge in [0, 0.05) is 11.6 Å². The van der Waals surface area contributed by atoms with Crippen LogP contribution in [-0.2, 0) is 9.59 Å². The van der Waals surface area contributed by atoms with Crippen LogP contribution in [0.1, 0.15) is 5.56 Å². The van der Waals surface area contributed by atoms with E-state index in [1.165, 1.54) is 18.2 Å². The maximum Gasteiger partial charge on any atom is 0.259 e. The van der Waals surface area contributed by atoms with Crippen molar-refractivity contribution in [3.63, 3.8) is 0 Å². The Labute approximate surface area is 108 Å². The zero-order valence-corrected chi connectivity index (χ0v) is 9.94. The van der Waals surface area contributed by atoms with E-state index < -0.39 is 17.3 Å². The number of phenolic OH excluding ortho intramolecular Hbond substituents is 2. The smallest absolute Gasteiger partial charge is 0.259 e. The number of amides is 2. The van der Waals surface area contributed by atoms with E-state index in [1.807, 2.05) is 0 Å². The molecule has 0 unspecified atom stereocenters. The third kappa shape index (κ3) is 2.40. The molecule has 2 amide bonds. The minimum Gasteiger partial charge on any atom is -0.508 e. The molecule has 94 valence electrons. The number of carbonyl (C=O) groups excluding carboxylic acids is 2. The van der Waals surface area contributed by atoms with Crippen molar-refractivity contribution in [3.8, 4) is 11.5 Å². The van der Waals surface area contributed by atoms with Crippen molar-refractivity contribution in [1.29, 1.82) is 0 Å². The minimum atomic E-state index is -0.726. The molecule has 4 N–H and O–H groups in total. The predicted molar refractivity (Wildman–Crippen MR) is 66.8 cm³/mol. The highest BCUT2D eigenvalue weighted by molar-refractivity contribution is 7.80. The molecule has 0 atom stereocenters. The molecule has 1 saturated heterocycles. The zero-order chi connectivity index (χ0) is 13.3. The first-order valence-electron chi connectivity index (χ1n) is 5.01. The molecule has 0 bridgehead atoms. The van der Waals surface area contributed by atoms with Crippen molar-refractivity contribution in [2.45, 2.75) is 5.50 Å². The summed E-state index contributed by atoms with van der Waals surface area (Å²) < 4.78 is 0. The minimum absolute atomic E-state index is 0.109. The summed E-state index contributed by atoms with van der Waals surface area (Å²) >= 11 is 3.91. The monoisotopic (exact) mass is 266 g/mol. The number of phenols is 2. The van der Waals surface area contributed by atoms with Crippen LogP contribution >= 0.6 is 12.6 Å². The summed E-state index contributed by atoms with van der Waals surface area (Å²) in [6.07, 6.45) is 1.24. The third-order valence-electron chi connectivity index (χ3n) is 2.34. The van der Waals surface area contributed by atoms with Crippen LogP contribution in [0.15, 0.2) is 23.8 Å². The van der Waals surface area contributed by atoms with E-state index in [0.29, 0.717) is 0 Å². The number of rotatable bonds is 1. The molecule has 0 aromatic heterocycles. The van der Waals surface area contributed by atoms with E-state index >= 15 is 0 Å². The van der Waals surface area contributed by atoms with Gasteiger partial charge in [0.25, 0.3) is 11.8 Å². The summed E-state index contributed by atoms with van der Waals surface area (Å²) in [7, 11) is 0. The molecule has 1 fully saturated rings. The number of thiol groups is 1. The Morgan fingerprint density at radius 3 is 2.33 bits per heavy atom. The highest BCUT2D eigenvalue weighted by Crippen LogP contribution is 2.25. The van der Waals surface area contributed by atoms with Crippen LogP contribution < -0.4 is 10.6 Å². The summed E-state index contributed by atoms with van der Waals surface area (Å²) in [5.74, 6) is -1.49. The Morgan fingerprint density at radius 2 is 1.78 bits per heavy atom. The van der Waals surface area contributed by atoms with Crippen molar-refractivity contribution in [2.75, 3.05) is 0 Å². The second-order valence-electron chi connectivity index (χ2n) is 3.65. The molecule has 6 nitrogen and oxygen atoms in total. The van der Waals surface area contributed by atoms with Crippen molar-refractivity contribution in [3.05, 3.63) is 29.3 Å². The first-order chi connectivity index (χ1) is 8.47. The van der Waals surface area contributed by atoms with E-state index in [1.54, 1.807) is 0 Å². The van der Waals surface area contributed by atoms with E-state index in [2.05, 4.69) is 23.3 Å². The lowest BCUT2D eigenvalue weighted by Gasteiger charge is -2.21. The highest BCUT2D eigenvalue weighted by atomic mass is 32.1. The second-order valence-corrected chi connectivity index (χ2v) is 4.17. The maximum absolute atomic E-state index is 11.6. The largest absolute Gasteiger partial charge is 0.508 e. The molecule has 7 heteroatoms. The van der Waals surface area contributed by atoms with Crippen molar-refractivity contribution in [2.24, 2.45) is 0 Å². The topological polar surface area (TPSA) is 98.7 Å². The lowest BCUT2D eigenvalue weighted by atomic mass is 10.1. The molecule has 0 spiro atoms. The van der Waals surface area contributed by atoms with Gasteiger partial charge in [-0.05, 0) is 18.2 Å². The highest BCUT2D eigenvalue weighted by Gasteiger charge is 2.27. The second kappa shape index (κ2) is 4.61. The first kappa shape index (κ1) is 12.3. The Balaban J connectivity index is 2.37. The number of benzene rings is 1. The maximum atomic E-state index is 11.6. The van der Waals surface area contributed by atoms with Crippen LogP contribution in [0.3, 0.4) is 0 Å². The molecule has 2 rings (SSSR count). The molecular formula is C11H10N2O4S. The van der Waals surface area contributed by atoms with E-state index in [-0.39, 0.29) is 22.6 Å². The number of aromatic hydroxyl groups is 2. The fourth-order valence-electron chi connectivity index (χ4n) is 1.48. The molecule has 18 heavy (non-hydrogen) atoms. The van der Waals surface area contributed by atoms with Gasteiger partial charge in [-0.1, -0.05) is 0 Å². The van der Waals surface area contributed by atoms with Gasteiger partial charge < -0.3 is 20.8 Å². The molecule has 0 aliphatic carbocycles. The van der Waals surface area contributed by atoms with Gasteiger partial charge in [0.1, 0.15) is 22.6 Å². The summed E-state index contributed by atoms with van der Waals surface area (Å²) in [4.78, 5) is 23.2. The average molecular weight is 266 g/mol. The van der Waals surface area contributed by atoms with Gasteiger partial charge in [-0.15, -0.1) is 12.6 Å². The van der Waals surface area contributed by atoms with E-state index in [9.17, 15) is 14.7 Å². The molecule has 1 heterocycles. The Bertz CT molecular complexity index is 536. The van der Waals surface area contributed by atoms with E-state index in [0.717, 1.165) is 6.07 Å². The lowest BCUT2D eigenvalue weighted by Crippen LogP contribution is -2.52. The van der Waals surface area contributed by atoms with Crippen molar-refractivity contribution < 1.29 is 19.8 Å². The van der Waals surface area contributed by atoms with Gasteiger partial charge in [0.05, 0.1) is 0 Å². The number of hydrogen-bond acceptors (Lipinski definition) is 5. The van der Waals surface area contributed by atoms with Gasteiger partial charge in [0.2, 0.25) is 0 Å². The SMILES string of the molecule is O=C1NC(S)NC(=O)C1=Cc1ccc(O)cc1O.